The lowest BCUT2D eigenvalue weighted by Gasteiger charge is -2.15. The van der Waals surface area contributed by atoms with E-state index in [1.165, 1.54) is 59.9 Å². The standard InChI is InChI=1S/C19H24O.C6H14.C3H8.2H2O.H2/c1-11-7-16-10-19(14(4)20)18(13(3)17(16)8-11)9-12(2)15-5-6-15;1-5-6(2,3)4;1-3-2;;;/h9-11,15,20H,4-8H2,1-3H3;5H2,1-4H3;3H2,1-2H3;2*1H2;1H/b12-9+;;;;;. The Labute approximate surface area is 193 Å². The fourth-order valence-electron chi connectivity index (χ4n) is 3.52. The van der Waals surface area contributed by atoms with Gasteiger partial charge in [-0.2, -0.15) is 0 Å². The van der Waals surface area contributed by atoms with Crippen LogP contribution < -0.4 is 0 Å². The first-order valence-corrected chi connectivity index (χ1v) is 11.7. The van der Waals surface area contributed by atoms with Crippen molar-refractivity contribution in [3.8, 4) is 0 Å². The highest BCUT2D eigenvalue weighted by molar-refractivity contribution is 5.74. The van der Waals surface area contributed by atoms with Crippen LogP contribution >= 0.6 is 0 Å². The molecular weight excluding hydrogens is 384 g/mol. The molecule has 2 aliphatic rings. The van der Waals surface area contributed by atoms with Gasteiger partial charge in [0.05, 0.1) is 0 Å². The second kappa shape index (κ2) is 13.8. The molecule has 2 aliphatic carbocycles. The highest BCUT2D eigenvalue weighted by Gasteiger charge is 2.26. The molecule has 1 saturated carbocycles. The number of benzene rings is 1. The maximum absolute atomic E-state index is 9.97. The third-order valence-corrected chi connectivity index (χ3v) is 5.94. The van der Waals surface area contributed by atoms with E-state index in [4.69, 9.17) is 0 Å². The van der Waals surface area contributed by atoms with Crippen LogP contribution in [0.5, 0.6) is 0 Å². The van der Waals surface area contributed by atoms with Crippen LogP contribution in [-0.4, -0.2) is 16.1 Å². The Kier molecular flexibility index (Phi) is 14.0. The molecule has 0 saturated heterocycles. The number of fused-ring (bicyclic) bond motifs is 1. The van der Waals surface area contributed by atoms with Gasteiger partial charge in [0.2, 0.25) is 0 Å². The first-order valence-electron chi connectivity index (χ1n) is 11.7. The van der Waals surface area contributed by atoms with Crippen LogP contribution in [-0.2, 0) is 12.8 Å². The summed E-state index contributed by atoms with van der Waals surface area (Å²) in [6, 6.07) is 2.17. The molecule has 0 aromatic heterocycles. The summed E-state index contributed by atoms with van der Waals surface area (Å²) < 4.78 is 0. The third kappa shape index (κ3) is 10.1. The Hall–Kier alpha value is -1.58. The van der Waals surface area contributed by atoms with Crippen molar-refractivity contribution in [2.45, 2.75) is 101 Å². The Morgan fingerprint density at radius 2 is 1.65 bits per heavy atom. The van der Waals surface area contributed by atoms with E-state index in [0.717, 1.165) is 17.9 Å². The quantitative estimate of drug-likeness (QED) is 0.488. The van der Waals surface area contributed by atoms with Gasteiger partial charge in [-0.05, 0) is 85.1 Å². The molecule has 31 heavy (non-hydrogen) atoms. The van der Waals surface area contributed by atoms with E-state index in [2.05, 4.69) is 81.0 Å². The summed E-state index contributed by atoms with van der Waals surface area (Å²) in [6.45, 7) is 23.7. The second-order valence-corrected chi connectivity index (χ2v) is 10.3. The van der Waals surface area contributed by atoms with Crippen LogP contribution in [0.3, 0.4) is 0 Å². The molecule has 182 valence electrons. The summed E-state index contributed by atoms with van der Waals surface area (Å²) in [5, 5.41) is 9.97. The van der Waals surface area contributed by atoms with Crippen LogP contribution in [0.15, 0.2) is 18.2 Å². The minimum Gasteiger partial charge on any atom is -0.508 e. The van der Waals surface area contributed by atoms with Gasteiger partial charge in [-0.1, -0.05) is 79.5 Å². The molecule has 1 aromatic rings. The molecule has 3 nitrogen and oxygen atoms in total. The topological polar surface area (TPSA) is 83.2 Å². The Bertz CT molecular complexity index is 725. The minimum absolute atomic E-state index is 0. The lowest BCUT2D eigenvalue weighted by Crippen LogP contribution is -2.00. The van der Waals surface area contributed by atoms with Gasteiger partial charge >= 0.3 is 0 Å². The summed E-state index contributed by atoms with van der Waals surface area (Å²) in [7, 11) is 0. The molecule has 3 rings (SSSR count). The van der Waals surface area contributed by atoms with Gasteiger partial charge in [0.15, 0.2) is 0 Å². The van der Waals surface area contributed by atoms with E-state index in [1.54, 1.807) is 0 Å². The van der Waals surface area contributed by atoms with Crippen molar-refractivity contribution in [2.75, 3.05) is 0 Å². The zero-order valence-electron chi connectivity index (χ0n) is 21.7. The van der Waals surface area contributed by atoms with Gasteiger partial charge in [-0.15, -0.1) is 0 Å². The van der Waals surface area contributed by atoms with Gasteiger partial charge in [0.25, 0.3) is 0 Å². The summed E-state index contributed by atoms with van der Waals surface area (Å²) in [5.74, 6) is 1.68. The molecule has 1 unspecified atom stereocenters. The first-order chi connectivity index (χ1) is 13.4. The molecule has 0 amide bonds. The molecule has 1 fully saturated rings. The largest absolute Gasteiger partial charge is 0.508 e. The Morgan fingerprint density at radius 3 is 2.03 bits per heavy atom. The van der Waals surface area contributed by atoms with Crippen molar-refractivity contribution in [1.29, 1.82) is 0 Å². The van der Waals surface area contributed by atoms with E-state index in [-0.39, 0.29) is 18.1 Å². The van der Waals surface area contributed by atoms with Crippen molar-refractivity contribution >= 4 is 11.8 Å². The molecule has 1 aromatic carbocycles. The zero-order chi connectivity index (χ0) is 22.4. The van der Waals surface area contributed by atoms with Crippen LogP contribution in [0.4, 0.5) is 0 Å². The van der Waals surface area contributed by atoms with E-state index >= 15 is 0 Å². The van der Waals surface area contributed by atoms with Gasteiger partial charge in [0.1, 0.15) is 5.76 Å². The van der Waals surface area contributed by atoms with Crippen molar-refractivity contribution in [2.24, 2.45) is 17.3 Å². The smallest absolute Gasteiger partial charge is 0.116 e. The average molecular weight is 437 g/mol. The molecule has 0 radical (unpaired) electrons. The van der Waals surface area contributed by atoms with Gasteiger partial charge in [0, 0.05) is 6.99 Å². The fraction of sp³-hybridized carbons (Fsp3) is 0.643. The number of aliphatic hydroxyl groups is 1. The Balaban J connectivity index is -0.000000607. The summed E-state index contributed by atoms with van der Waals surface area (Å²) in [5.41, 5.74) is 8.35. The second-order valence-electron chi connectivity index (χ2n) is 10.3. The van der Waals surface area contributed by atoms with E-state index in [0.29, 0.717) is 11.3 Å². The van der Waals surface area contributed by atoms with Gasteiger partial charge in [-0.3, -0.25) is 0 Å². The summed E-state index contributed by atoms with van der Waals surface area (Å²) in [6.07, 6.45) is 9.74. The SMILES string of the molecule is C=C(O)c1cc2c(c(C)c1/C=C(\C)C1CC1)CC(C)C2.CCC.CCC(C)(C)C.O.O.[HH]. The molecule has 3 heteroatoms. The molecule has 0 heterocycles. The van der Waals surface area contributed by atoms with Crippen molar-refractivity contribution in [3.63, 3.8) is 0 Å². The van der Waals surface area contributed by atoms with Crippen LogP contribution in [0.25, 0.3) is 11.8 Å². The molecular formula is C28H52O3. The van der Waals surface area contributed by atoms with E-state index in [1.807, 2.05) is 0 Å². The fourth-order valence-corrected chi connectivity index (χ4v) is 3.52. The van der Waals surface area contributed by atoms with Crippen LogP contribution in [0.1, 0.15) is 110 Å². The number of rotatable bonds is 3. The lowest BCUT2D eigenvalue weighted by molar-refractivity contribution is 0.398. The third-order valence-electron chi connectivity index (χ3n) is 5.94. The lowest BCUT2D eigenvalue weighted by atomic mass is 9.91. The van der Waals surface area contributed by atoms with Crippen molar-refractivity contribution < 1.29 is 17.5 Å². The van der Waals surface area contributed by atoms with Crippen LogP contribution in [0.2, 0.25) is 0 Å². The number of hydrogen-bond acceptors (Lipinski definition) is 1. The predicted molar refractivity (Wildman–Crippen MR) is 141 cm³/mol. The van der Waals surface area contributed by atoms with E-state index in [9.17, 15) is 5.11 Å². The summed E-state index contributed by atoms with van der Waals surface area (Å²) >= 11 is 0. The highest BCUT2D eigenvalue weighted by atomic mass is 16.3. The molecule has 0 spiro atoms. The maximum Gasteiger partial charge on any atom is 0.116 e. The number of aliphatic hydroxyl groups excluding tert-OH is 1. The zero-order valence-corrected chi connectivity index (χ0v) is 21.7. The molecule has 5 N–H and O–H groups in total. The molecule has 0 aliphatic heterocycles. The van der Waals surface area contributed by atoms with Crippen molar-refractivity contribution in [1.82, 2.24) is 0 Å². The van der Waals surface area contributed by atoms with Gasteiger partial charge in [-0.25, -0.2) is 0 Å². The number of hydrogen-bond donors (Lipinski definition) is 1. The van der Waals surface area contributed by atoms with E-state index < -0.39 is 0 Å². The normalized spacial score (nSPS) is 17.1. The highest BCUT2D eigenvalue weighted by Crippen LogP contribution is 2.40. The van der Waals surface area contributed by atoms with Crippen molar-refractivity contribution in [3.05, 3.63) is 46.0 Å². The average Bonchev–Trinajstić information content (AvgIpc) is 3.40. The number of allylic oxidation sites excluding steroid dienone is 1. The maximum atomic E-state index is 9.97. The van der Waals surface area contributed by atoms with Gasteiger partial charge < -0.3 is 16.1 Å². The molecule has 1 atom stereocenters. The minimum atomic E-state index is 0. The Morgan fingerprint density at radius 1 is 1.16 bits per heavy atom. The summed E-state index contributed by atoms with van der Waals surface area (Å²) in [4.78, 5) is 0. The molecule has 0 bridgehead atoms. The predicted octanol–water partition coefficient (Wildman–Crippen LogP) is 7.53. The van der Waals surface area contributed by atoms with Crippen LogP contribution in [0, 0.1) is 24.2 Å². The first kappa shape index (κ1) is 31.6. The monoisotopic (exact) mass is 436 g/mol.